The van der Waals surface area contributed by atoms with Crippen LogP contribution in [0, 0.1) is 0 Å². The van der Waals surface area contributed by atoms with Crippen molar-refractivity contribution < 1.29 is 0 Å². The number of hydrogen-bond acceptors (Lipinski definition) is 5. The number of nitrogens with one attached hydrogen (secondary N) is 1. The Morgan fingerprint density at radius 3 is 2.62 bits per heavy atom. The third kappa shape index (κ3) is 3.04. The van der Waals surface area contributed by atoms with Crippen LogP contribution in [0.1, 0.15) is 13.8 Å². The summed E-state index contributed by atoms with van der Waals surface area (Å²) in [6.45, 7) is 5.10. The van der Waals surface area contributed by atoms with Gasteiger partial charge in [-0.3, -0.25) is 0 Å². The molecular formula is C16H17N3S2. The van der Waals surface area contributed by atoms with E-state index in [1.54, 1.807) is 11.3 Å². The highest BCUT2D eigenvalue weighted by Crippen LogP contribution is 2.29. The zero-order valence-corrected chi connectivity index (χ0v) is 13.7. The van der Waals surface area contributed by atoms with Crippen LogP contribution in [-0.2, 0) is 0 Å². The smallest absolute Gasteiger partial charge is 0.163 e. The Bertz CT molecular complexity index is 735. The van der Waals surface area contributed by atoms with Crippen LogP contribution < -0.4 is 5.32 Å². The third-order valence-electron chi connectivity index (χ3n) is 3.09. The highest BCUT2D eigenvalue weighted by Gasteiger charge is 2.10. The number of anilines is 1. The molecule has 3 nitrogen and oxygen atoms in total. The normalized spacial score (nSPS) is 11.0. The van der Waals surface area contributed by atoms with Crippen molar-refractivity contribution in [2.24, 2.45) is 0 Å². The Kier molecular flexibility index (Phi) is 4.41. The number of thioether (sulfide) groups is 1. The summed E-state index contributed by atoms with van der Waals surface area (Å²) in [7, 11) is 0. The summed E-state index contributed by atoms with van der Waals surface area (Å²) in [6.07, 6.45) is 0. The highest BCUT2D eigenvalue weighted by atomic mass is 32.2. The minimum Gasteiger partial charge on any atom is -0.370 e. The molecule has 0 spiro atoms. The summed E-state index contributed by atoms with van der Waals surface area (Å²) < 4.78 is 0. The molecule has 0 atom stereocenters. The van der Waals surface area contributed by atoms with Crippen molar-refractivity contribution in [3.63, 3.8) is 0 Å². The van der Waals surface area contributed by atoms with Gasteiger partial charge in [0.2, 0.25) is 0 Å². The summed E-state index contributed by atoms with van der Waals surface area (Å²) in [5.74, 6) is 2.79. The maximum absolute atomic E-state index is 4.69. The van der Waals surface area contributed by atoms with E-state index in [9.17, 15) is 0 Å². The average Bonchev–Trinajstić information content (AvgIpc) is 2.97. The summed E-state index contributed by atoms with van der Waals surface area (Å²) in [6, 6.07) is 10.5. The van der Waals surface area contributed by atoms with Crippen molar-refractivity contribution in [3.05, 3.63) is 35.7 Å². The molecule has 1 N–H and O–H groups in total. The lowest BCUT2D eigenvalue weighted by Gasteiger charge is -2.07. The van der Waals surface area contributed by atoms with E-state index in [-0.39, 0.29) is 0 Å². The quantitative estimate of drug-likeness (QED) is 0.679. The standard InChI is InChI=1S/C16H17N3S2/c1-3-17-15-13-9-10-21-16(13)19-14(18-15)11-5-7-12(8-6-11)20-4-2/h5-10H,3-4H2,1-2H3,(H,17,18,19). The topological polar surface area (TPSA) is 37.8 Å². The predicted octanol–water partition coefficient (Wildman–Crippen LogP) is 4.90. The number of rotatable bonds is 5. The van der Waals surface area contributed by atoms with Gasteiger partial charge in [0.25, 0.3) is 0 Å². The maximum atomic E-state index is 4.69. The van der Waals surface area contributed by atoms with E-state index >= 15 is 0 Å². The first-order valence-electron chi connectivity index (χ1n) is 7.04. The van der Waals surface area contributed by atoms with E-state index in [0.717, 1.165) is 39.7 Å². The van der Waals surface area contributed by atoms with Crippen LogP contribution >= 0.6 is 23.1 Å². The lowest BCUT2D eigenvalue weighted by Crippen LogP contribution is -2.01. The monoisotopic (exact) mass is 315 g/mol. The molecule has 0 saturated carbocycles. The van der Waals surface area contributed by atoms with E-state index < -0.39 is 0 Å². The average molecular weight is 315 g/mol. The van der Waals surface area contributed by atoms with Crippen molar-refractivity contribution in [1.29, 1.82) is 0 Å². The number of fused-ring (bicyclic) bond motifs is 1. The van der Waals surface area contributed by atoms with Crippen molar-refractivity contribution in [1.82, 2.24) is 9.97 Å². The van der Waals surface area contributed by atoms with Crippen LogP contribution in [0.3, 0.4) is 0 Å². The molecule has 1 aromatic carbocycles. The SMILES string of the molecule is CCNc1nc(-c2ccc(SCC)cc2)nc2sccc12. The van der Waals surface area contributed by atoms with Crippen LogP contribution in [-0.4, -0.2) is 22.3 Å². The fourth-order valence-corrected chi connectivity index (χ4v) is 3.58. The van der Waals surface area contributed by atoms with Gasteiger partial charge in [0.15, 0.2) is 5.82 Å². The fraction of sp³-hybridized carbons (Fsp3) is 0.250. The molecule has 0 unspecified atom stereocenters. The second kappa shape index (κ2) is 6.45. The lowest BCUT2D eigenvalue weighted by atomic mass is 10.2. The van der Waals surface area contributed by atoms with Gasteiger partial charge in [-0.2, -0.15) is 0 Å². The van der Waals surface area contributed by atoms with Gasteiger partial charge in [-0.05, 0) is 36.3 Å². The number of thiophene rings is 1. The molecular weight excluding hydrogens is 298 g/mol. The molecule has 0 amide bonds. The van der Waals surface area contributed by atoms with Gasteiger partial charge in [0.1, 0.15) is 10.6 Å². The van der Waals surface area contributed by atoms with E-state index in [1.807, 2.05) is 11.8 Å². The number of nitrogens with zero attached hydrogens (tertiary/aromatic N) is 2. The van der Waals surface area contributed by atoms with Gasteiger partial charge in [0, 0.05) is 17.0 Å². The lowest BCUT2D eigenvalue weighted by molar-refractivity contribution is 1.15. The largest absolute Gasteiger partial charge is 0.370 e. The number of aromatic nitrogens is 2. The van der Waals surface area contributed by atoms with Crippen molar-refractivity contribution >= 4 is 39.1 Å². The van der Waals surface area contributed by atoms with Crippen molar-refractivity contribution in [3.8, 4) is 11.4 Å². The minimum absolute atomic E-state index is 0.786. The van der Waals surface area contributed by atoms with Gasteiger partial charge < -0.3 is 5.32 Å². The zero-order valence-electron chi connectivity index (χ0n) is 12.1. The van der Waals surface area contributed by atoms with Crippen LogP contribution in [0.2, 0.25) is 0 Å². The summed E-state index contributed by atoms with van der Waals surface area (Å²) in [4.78, 5) is 11.7. The zero-order chi connectivity index (χ0) is 14.7. The second-order valence-corrected chi connectivity index (χ2v) is 6.75. The molecule has 0 fully saturated rings. The van der Waals surface area contributed by atoms with E-state index in [1.165, 1.54) is 4.90 Å². The van der Waals surface area contributed by atoms with Crippen LogP contribution in [0.15, 0.2) is 40.6 Å². The van der Waals surface area contributed by atoms with E-state index in [2.05, 4.69) is 64.8 Å². The first-order valence-corrected chi connectivity index (χ1v) is 8.90. The first kappa shape index (κ1) is 14.4. The summed E-state index contributed by atoms with van der Waals surface area (Å²) in [5, 5.41) is 6.49. The Hall–Kier alpha value is -1.59. The first-order chi connectivity index (χ1) is 10.3. The van der Waals surface area contributed by atoms with Crippen LogP contribution in [0.5, 0.6) is 0 Å². The van der Waals surface area contributed by atoms with E-state index in [4.69, 9.17) is 0 Å². The molecule has 0 bridgehead atoms. The van der Waals surface area contributed by atoms with Crippen LogP contribution in [0.25, 0.3) is 21.6 Å². The van der Waals surface area contributed by atoms with Gasteiger partial charge in [-0.25, -0.2) is 9.97 Å². The molecule has 108 valence electrons. The Morgan fingerprint density at radius 1 is 1.10 bits per heavy atom. The predicted molar refractivity (Wildman–Crippen MR) is 93.4 cm³/mol. The van der Waals surface area contributed by atoms with Gasteiger partial charge in [0.05, 0.1) is 5.39 Å². The van der Waals surface area contributed by atoms with Crippen molar-refractivity contribution in [2.75, 3.05) is 17.6 Å². The molecule has 2 heterocycles. The van der Waals surface area contributed by atoms with Gasteiger partial charge >= 0.3 is 0 Å². The molecule has 0 radical (unpaired) electrons. The van der Waals surface area contributed by atoms with Crippen LogP contribution in [0.4, 0.5) is 5.82 Å². The summed E-state index contributed by atoms with van der Waals surface area (Å²) in [5.41, 5.74) is 1.06. The molecule has 2 aromatic heterocycles. The minimum atomic E-state index is 0.786. The third-order valence-corrected chi connectivity index (χ3v) is 4.79. The number of benzene rings is 1. The van der Waals surface area contributed by atoms with Gasteiger partial charge in [-0.15, -0.1) is 23.1 Å². The molecule has 0 aliphatic carbocycles. The molecule has 0 aliphatic heterocycles. The molecule has 5 heteroatoms. The Balaban J connectivity index is 2.02. The summed E-state index contributed by atoms with van der Waals surface area (Å²) >= 11 is 3.50. The molecule has 0 saturated heterocycles. The van der Waals surface area contributed by atoms with E-state index in [0.29, 0.717) is 0 Å². The fourth-order valence-electron chi connectivity index (χ4n) is 2.15. The molecule has 3 rings (SSSR count). The molecule has 3 aromatic rings. The Labute approximate surface area is 132 Å². The van der Waals surface area contributed by atoms with Crippen molar-refractivity contribution in [2.45, 2.75) is 18.7 Å². The Morgan fingerprint density at radius 2 is 1.90 bits per heavy atom. The maximum Gasteiger partial charge on any atom is 0.163 e. The van der Waals surface area contributed by atoms with Gasteiger partial charge in [-0.1, -0.05) is 19.1 Å². The molecule has 0 aliphatic rings. The molecule has 21 heavy (non-hydrogen) atoms. The highest BCUT2D eigenvalue weighted by molar-refractivity contribution is 7.99. The second-order valence-electron chi connectivity index (χ2n) is 4.52. The number of hydrogen-bond donors (Lipinski definition) is 1.